The zero-order valence-electron chi connectivity index (χ0n) is 36.4. The van der Waals surface area contributed by atoms with Crippen molar-refractivity contribution in [1.29, 1.82) is 0 Å². The molecule has 0 aromatic carbocycles. The molecule has 0 fully saturated rings. The summed E-state index contributed by atoms with van der Waals surface area (Å²) in [5, 5.41) is 9.89. The Morgan fingerprint density at radius 2 is 1.21 bits per heavy atom. The Balaban J connectivity index is 4.49. The monoisotopic (exact) mass is 823 g/mol. The van der Waals surface area contributed by atoms with Crippen LogP contribution in [0.1, 0.15) is 149 Å². The molecular weight excluding hydrogens is 741 g/mol. The summed E-state index contributed by atoms with van der Waals surface area (Å²) in [4.78, 5) is 35.4. The summed E-state index contributed by atoms with van der Waals surface area (Å²) >= 11 is 0. The number of quaternary nitrogens is 1. The molecule has 10 nitrogen and oxygen atoms in total. The molecule has 0 aliphatic carbocycles. The van der Waals surface area contributed by atoms with Crippen molar-refractivity contribution in [3.8, 4) is 0 Å². The molecule has 0 aliphatic heterocycles. The van der Waals surface area contributed by atoms with Gasteiger partial charge in [-0.05, 0) is 77.0 Å². The van der Waals surface area contributed by atoms with Crippen LogP contribution in [0.25, 0.3) is 0 Å². The normalized spacial score (nSPS) is 14.9. The standard InChI is InChI=1S/C46H80NO9P/c1-6-8-10-11-12-13-14-15-16-17-18-19-20-23-26-29-33-37-45(49)53-41-44(42-55-57(51,52)54-40-39-47(3,4)5)56-46(50)38-34-30-27-24-21-22-25-28-32-36-43(48)35-31-9-7-2/h9,12-13,15-16,18-19,25,28,31-32,36,43-44,48H,6-8,10-11,14,17,20-24,26-27,29-30,33-35,37-42H2,1-5H3/p+1/b13-12-,16-15-,19-18-,28-25+,31-9+,36-32+/t43?,44-/m1/s1. The number of esters is 2. The van der Waals surface area contributed by atoms with Crippen LogP contribution in [0.4, 0.5) is 0 Å². The van der Waals surface area contributed by atoms with Gasteiger partial charge in [0.05, 0.1) is 33.9 Å². The summed E-state index contributed by atoms with van der Waals surface area (Å²) in [5.74, 6) is -0.885. The Morgan fingerprint density at radius 3 is 1.82 bits per heavy atom. The van der Waals surface area contributed by atoms with Crippen molar-refractivity contribution in [2.24, 2.45) is 0 Å². The lowest BCUT2D eigenvalue weighted by Crippen LogP contribution is -2.37. The topological polar surface area (TPSA) is 129 Å². The number of ether oxygens (including phenoxy) is 2. The van der Waals surface area contributed by atoms with E-state index in [0.717, 1.165) is 77.0 Å². The molecule has 0 heterocycles. The van der Waals surface area contributed by atoms with E-state index >= 15 is 0 Å². The molecule has 0 saturated heterocycles. The SMILES string of the molecule is CC/C=C/CC(O)/C=C/C=C/CCCCCCCC(=O)O[C@H](COC(=O)CCCCCC/C=C\C/C=C\C/C=C\CCCCC)COP(=O)(O)OCC[N+](C)(C)C. The van der Waals surface area contributed by atoms with Crippen LogP contribution >= 0.6 is 7.82 Å². The maximum absolute atomic E-state index is 12.7. The number of allylic oxidation sites excluding steroid dienone is 10. The Hall–Kier alpha value is -2.59. The van der Waals surface area contributed by atoms with E-state index in [1.807, 2.05) is 45.4 Å². The van der Waals surface area contributed by atoms with E-state index in [4.69, 9.17) is 18.5 Å². The van der Waals surface area contributed by atoms with Crippen LogP contribution in [0.3, 0.4) is 0 Å². The molecule has 0 aromatic heterocycles. The Kier molecular flexibility index (Phi) is 36.0. The second kappa shape index (κ2) is 37.7. The number of phosphoric ester groups is 1. The molecule has 2 N–H and O–H groups in total. The number of aliphatic hydroxyl groups excluding tert-OH is 1. The number of carbonyl (C=O) groups is 2. The van der Waals surface area contributed by atoms with Gasteiger partial charge in [-0.2, -0.15) is 0 Å². The lowest BCUT2D eigenvalue weighted by atomic mass is 10.1. The Bertz CT molecular complexity index is 1220. The predicted molar refractivity (Wildman–Crippen MR) is 235 cm³/mol. The molecule has 3 atom stereocenters. The summed E-state index contributed by atoms with van der Waals surface area (Å²) in [6.45, 7) is 4.09. The van der Waals surface area contributed by atoms with Gasteiger partial charge in [0.15, 0.2) is 6.10 Å². The molecule has 0 aromatic rings. The third-order valence-electron chi connectivity index (χ3n) is 8.80. The summed E-state index contributed by atoms with van der Waals surface area (Å²) in [5.41, 5.74) is 0. The largest absolute Gasteiger partial charge is 0.472 e. The first-order chi connectivity index (χ1) is 27.4. The molecule has 0 spiro atoms. The molecule has 11 heteroatoms. The molecule has 0 bridgehead atoms. The summed E-state index contributed by atoms with van der Waals surface area (Å²) in [7, 11) is 1.40. The summed E-state index contributed by atoms with van der Waals surface area (Å²) < 4.78 is 34.2. The minimum absolute atomic E-state index is 0.0103. The van der Waals surface area contributed by atoms with Gasteiger partial charge in [0.25, 0.3) is 0 Å². The average molecular weight is 823 g/mol. The Labute approximate surface area is 347 Å². The van der Waals surface area contributed by atoms with Gasteiger partial charge in [0.2, 0.25) is 0 Å². The predicted octanol–water partition coefficient (Wildman–Crippen LogP) is 11.2. The minimum Gasteiger partial charge on any atom is -0.462 e. The maximum atomic E-state index is 12.7. The van der Waals surface area contributed by atoms with Crippen LogP contribution in [0.15, 0.2) is 72.9 Å². The second-order valence-corrected chi connectivity index (χ2v) is 17.0. The number of phosphoric acid groups is 1. The molecule has 0 saturated carbocycles. The summed E-state index contributed by atoms with van der Waals surface area (Å²) in [6, 6.07) is 0. The molecule has 0 amide bonds. The van der Waals surface area contributed by atoms with Crippen LogP contribution in [0.5, 0.6) is 0 Å². The fraction of sp³-hybridized carbons (Fsp3) is 0.696. The van der Waals surface area contributed by atoms with Crippen molar-refractivity contribution in [2.45, 2.75) is 161 Å². The van der Waals surface area contributed by atoms with Gasteiger partial charge in [-0.25, -0.2) is 4.57 Å². The van der Waals surface area contributed by atoms with Crippen LogP contribution in [0, 0.1) is 0 Å². The molecule has 0 rings (SSSR count). The molecule has 0 aliphatic rings. The molecule has 328 valence electrons. The van der Waals surface area contributed by atoms with E-state index in [9.17, 15) is 24.2 Å². The van der Waals surface area contributed by atoms with Crippen molar-refractivity contribution >= 4 is 19.8 Å². The van der Waals surface area contributed by atoms with E-state index in [0.29, 0.717) is 30.3 Å². The van der Waals surface area contributed by atoms with Crippen LogP contribution in [-0.2, 0) is 32.7 Å². The van der Waals surface area contributed by atoms with Gasteiger partial charge >= 0.3 is 19.8 Å². The maximum Gasteiger partial charge on any atom is 0.472 e. The van der Waals surface area contributed by atoms with Crippen molar-refractivity contribution in [2.75, 3.05) is 47.5 Å². The lowest BCUT2D eigenvalue weighted by molar-refractivity contribution is -0.870. The van der Waals surface area contributed by atoms with E-state index in [1.54, 1.807) is 6.08 Å². The number of unbranched alkanes of at least 4 members (excludes halogenated alkanes) is 12. The highest BCUT2D eigenvalue weighted by molar-refractivity contribution is 7.47. The fourth-order valence-corrected chi connectivity index (χ4v) is 6.09. The van der Waals surface area contributed by atoms with Crippen LogP contribution in [0.2, 0.25) is 0 Å². The number of rotatable bonds is 38. The molecule has 0 radical (unpaired) electrons. The number of nitrogens with zero attached hydrogens (tertiary/aromatic N) is 1. The van der Waals surface area contributed by atoms with Crippen molar-refractivity contribution in [1.82, 2.24) is 0 Å². The van der Waals surface area contributed by atoms with E-state index in [1.165, 1.54) is 25.7 Å². The van der Waals surface area contributed by atoms with Gasteiger partial charge in [0, 0.05) is 12.8 Å². The van der Waals surface area contributed by atoms with Crippen LogP contribution < -0.4 is 0 Å². The van der Waals surface area contributed by atoms with E-state index < -0.39 is 38.6 Å². The van der Waals surface area contributed by atoms with Gasteiger partial charge < -0.3 is 24.0 Å². The third kappa shape index (κ3) is 41.4. The lowest BCUT2D eigenvalue weighted by Gasteiger charge is -2.24. The van der Waals surface area contributed by atoms with Crippen molar-refractivity contribution in [3.05, 3.63) is 72.9 Å². The van der Waals surface area contributed by atoms with Gasteiger partial charge in [-0.3, -0.25) is 18.6 Å². The first-order valence-electron chi connectivity index (χ1n) is 21.8. The highest BCUT2D eigenvalue weighted by atomic mass is 31.2. The molecule has 2 unspecified atom stereocenters. The highest BCUT2D eigenvalue weighted by Gasteiger charge is 2.27. The van der Waals surface area contributed by atoms with Crippen molar-refractivity contribution < 1.29 is 47.2 Å². The van der Waals surface area contributed by atoms with Gasteiger partial charge in [-0.15, -0.1) is 0 Å². The number of hydrogen-bond donors (Lipinski definition) is 2. The molecule has 57 heavy (non-hydrogen) atoms. The van der Waals surface area contributed by atoms with E-state index in [-0.39, 0.29) is 26.1 Å². The highest BCUT2D eigenvalue weighted by Crippen LogP contribution is 2.43. The number of likely N-dealkylation sites (N-methyl/N-ethyl adjacent to an activating group) is 1. The number of hydrogen-bond acceptors (Lipinski definition) is 8. The van der Waals surface area contributed by atoms with E-state index in [2.05, 4.69) is 56.4 Å². The van der Waals surface area contributed by atoms with Gasteiger partial charge in [0.1, 0.15) is 19.8 Å². The van der Waals surface area contributed by atoms with Crippen LogP contribution in [-0.4, -0.2) is 86.1 Å². The minimum atomic E-state index is -4.40. The number of carbonyl (C=O) groups excluding carboxylic acids is 2. The average Bonchev–Trinajstić information content (AvgIpc) is 3.15. The second-order valence-electron chi connectivity index (χ2n) is 15.5. The molecular formula is C46H81NO9P+. The van der Waals surface area contributed by atoms with Gasteiger partial charge in [-0.1, -0.05) is 132 Å². The zero-order valence-corrected chi connectivity index (χ0v) is 37.3. The smallest absolute Gasteiger partial charge is 0.462 e. The summed E-state index contributed by atoms with van der Waals surface area (Å²) in [6.07, 6.45) is 42.8. The first-order valence-corrected chi connectivity index (χ1v) is 23.3. The zero-order chi connectivity index (χ0) is 42.3. The fourth-order valence-electron chi connectivity index (χ4n) is 5.35. The first kappa shape index (κ1) is 54.4. The number of aliphatic hydroxyl groups is 1. The Morgan fingerprint density at radius 1 is 0.649 bits per heavy atom. The quantitative estimate of drug-likeness (QED) is 0.0156. The van der Waals surface area contributed by atoms with Crippen molar-refractivity contribution in [3.63, 3.8) is 0 Å². The third-order valence-corrected chi connectivity index (χ3v) is 9.79.